The minimum absolute atomic E-state index is 0.00660. The molecule has 0 aromatic carbocycles. The van der Waals surface area contributed by atoms with Gasteiger partial charge in [0.05, 0.1) is 13.2 Å². The van der Waals surface area contributed by atoms with Crippen LogP contribution in [-0.2, 0) is 11.3 Å². The highest BCUT2D eigenvalue weighted by Gasteiger charge is 2.13. The third kappa shape index (κ3) is 2.93. The maximum atomic E-state index is 9.27. The summed E-state index contributed by atoms with van der Waals surface area (Å²) in [4.78, 5) is 6.28. The molecule has 0 saturated carbocycles. The minimum atomic E-state index is 0.00660. The number of hydrogen-bond donors (Lipinski definition) is 1. The van der Waals surface area contributed by atoms with Crippen LogP contribution in [0.1, 0.15) is 18.2 Å². The van der Waals surface area contributed by atoms with Crippen LogP contribution in [0.3, 0.4) is 0 Å². The topological polar surface area (TPSA) is 45.6 Å². The molecule has 0 bridgehead atoms. The maximum absolute atomic E-state index is 9.27. The lowest BCUT2D eigenvalue weighted by Crippen LogP contribution is -2.33. The minimum Gasteiger partial charge on any atom is -0.392 e. The van der Waals surface area contributed by atoms with Gasteiger partial charge in [-0.3, -0.25) is 4.98 Å². The SMILES string of the molecule is COCC(C)N(C)c1cc(C)ncc1CO. The molecule has 0 amide bonds. The van der Waals surface area contributed by atoms with Crippen LogP contribution < -0.4 is 4.90 Å². The van der Waals surface area contributed by atoms with E-state index in [9.17, 15) is 5.11 Å². The molecule has 0 saturated heterocycles. The molecular formula is C12H20N2O2. The smallest absolute Gasteiger partial charge is 0.0717 e. The van der Waals surface area contributed by atoms with Gasteiger partial charge in [-0.1, -0.05) is 0 Å². The van der Waals surface area contributed by atoms with Gasteiger partial charge in [0.2, 0.25) is 0 Å². The largest absolute Gasteiger partial charge is 0.392 e. The van der Waals surface area contributed by atoms with Crippen molar-refractivity contribution < 1.29 is 9.84 Å². The Hall–Kier alpha value is -1.13. The van der Waals surface area contributed by atoms with E-state index in [0.29, 0.717) is 6.61 Å². The summed E-state index contributed by atoms with van der Waals surface area (Å²) in [5, 5.41) is 9.27. The second-order valence-corrected chi connectivity index (χ2v) is 4.03. The Morgan fingerprint density at radius 2 is 2.25 bits per heavy atom. The van der Waals surface area contributed by atoms with E-state index in [2.05, 4.69) is 16.8 Å². The summed E-state index contributed by atoms with van der Waals surface area (Å²) in [5.41, 5.74) is 2.80. The zero-order chi connectivity index (χ0) is 12.1. The number of aryl methyl sites for hydroxylation is 1. The number of nitrogens with zero attached hydrogens (tertiary/aromatic N) is 2. The fourth-order valence-electron chi connectivity index (χ4n) is 1.61. The fourth-order valence-corrected chi connectivity index (χ4v) is 1.61. The second kappa shape index (κ2) is 5.82. The molecule has 0 aliphatic rings. The molecule has 1 atom stereocenters. The third-order valence-corrected chi connectivity index (χ3v) is 2.72. The highest BCUT2D eigenvalue weighted by molar-refractivity contribution is 5.53. The number of hydrogen-bond acceptors (Lipinski definition) is 4. The molecule has 16 heavy (non-hydrogen) atoms. The molecule has 0 fully saturated rings. The van der Waals surface area contributed by atoms with E-state index in [1.54, 1.807) is 13.3 Å². The van der Waals surface area contributed by atoms with Crippen LogP contribution in [0.2, 0.25) is 0 Å². The zero-order valence-corrected chi connectivity index (χ0v) is 10.4. The predicted octanol–water partition coefficient (Wildman–Crippen LogP) is 1.35. The lowest BCUT2D eigenvalue weighted by molar-refractivity contribution is 0.183. The van der Waals surface area contributed by atoms with E-state index >= 15 is 0 Å². The van der Waals surface area contributed by atoms with Crippen molar-refractivity contribution in [1.82, 2.24) is 4.98 Å². The summed E-state index contributed by atoms with van der Waals surface area (Å²) in [6.45, 7) is 4.69. The number of aliphatic hydroxyl groups excluding tert-OH is 1. The van der Waals surface area contributed by atoms with Gasteiger partial charge in [0.25, 0.3) is 0 Å². The van der Waals surface area contributed by atoms with Crippen LogP contribution >= 0.6 is 0 Å². The van der Waals surface area contributed by atoms with Gasteiger partial charge in [-0.15, -0.1) is 0 Å². The van der Waals surface area contributed by atoms with Gasteiger partial charge in [-0.05, 0) is 19.9 Å². The highest BCUT2D eigenvalue weighted by atomic mass is 16.5. The van der Waals surface area contributed by atoms with Crippen LogP contribution in [0.25, 0.3) is 0 Å². The molecule has 0 spiro atoms. The summed E-state index contributed by atoms with van der Waals surface area (Å²) in [6, 6.07) is 2.25. The van der Waals surface area contributed by atoms with Crippen molar-refractivity contribution >= 4 is 5.69 Å². The standard InChI is InChI=1S/C12H20N2O2/c1-9-5-12(11(7-15)6-13-9)14(3)10(2)8-16-4/h5-6,10,15H,7-8H2,1-4H3. The summed E-state index contributed by atoms with van der Waals surface area (Å²) in [5.74, 6) is 0. The van der Waals surface area contributed by atoms with Crippen LogP contribution in [0.5, 0.6) is 0 Å². The molecule has 0 aliphatic carbocycles. The number of pyridine rings is 1. The summed E-state index contributed by atoms with van der Waals surface area (Å²) < 4.78 is 5.13. The highest BCUT2D eigenvalue weighted by Crippen LogP contribution is 2.21. The van der Waals surface area contributed by atoms with E-state index < -0.39 is 0 Å². The number of aliphatic hydroxyl groups is 1. The number of ether oxygens (including phenoxy) is 1. The third-order valence-electron chi connectivity index (χ3n) is 2.72. The van der Waals surface area contributed by atoms with Crippen LogP contribution in [0.15, 0.2) is 12.3 Å². The molecule has 1 heterocycles. The Bertz CT molecular complexity index is 342. The Morgan fingerprint density at radius 1 is 1.56 bits per heavy atom. The Kier molecular flexibility index (Phi) is 4.71. The van der Waals surface area contributed by atoms with Gasteiger partial charge in [-0.2, -0.15) is 0 Å². The molecule has 1 N–H and O–H groups in total. The molecule has 0 aliphatic heterocycles. The second-order valence-electron chi connectivity index (χ2n) is 4.03. The van der Waals surface area contributed by atoms with Crippen LogP contribution in [0.4, 0.5) is 5.69 Å². The van der Waals surface area contributed by atoms with Crippen molar-refractivity contribution in [2.24, 2.45) is 0 Å². The van der Waals surface area contributed by atoms with E-state index in [0.717, 1.165) is 16.9 Å². The first-order chi connectivity index (χ1) is 7.60. The number of likely N-dealkylation sites (N-methyl/N-ethyl adjacent to an activating group) is 1. The van der Waals surface area contributed by atoms with Gasteiger partial charge in [-0.25, -0.2) is 0 Å². The fraction of sp³-hybridized carbons (Fsp3) is 0.583. The van der Waals surface area contributed by atoms with E-state index in [1.165, 1.54) is 0 Å². The lowest BCUT2D eigenvalue weighted by atomic mass is 10.1. The first-order valence-electron chi connectivity index (χ1n) is 5.38. The Labute approximate surface area is 96.9 Å². The van der Waals surface area contributed by atoms with Crippen molar-refractivity contribution in [2.45, 2.75) is 26.5 Å². The predicted molar refractivity (Wildman–Crippen MR) is 64.6 cm³/mol. The number of aromatic nitrogens is 1. The summed E-state index contributed by atoms with van der Waals surface area (Å²) in [7, 11) is 3.69. The molecule has 1 aromatic rings. The molecule has 0 radical (unpaired) electrons. The normalized spacial score (nSPS) is 12.6. The summed E-state index contributed by atoms with van der Waals surface area (Å²) >= 11 is 0. The molecular weight excluding hydrogens is 204 g/mol. The van der Waals surface area contributed by atoms with Crippen molar-refractivity contribution in [3.05, 3.63) is 23.5 Å². The molecule has 90 valence electrons. The van der Waals surface area contributed by atoms with Gasteiger partial charge in [0.1, 0.15) is 0 Å². The van der Waals surface area contributed by atoms with Crippen LogP contribution in [0, 0.1) is 6.92 Å². The van der Waals surface area contributed by atoms with Crippen molar-refractivity contribution in [3.63, 3.8) is 0 Å². The van der Waals surface area contributed by atoms with E-state index in [1.807, 2.05) is 20.0 Å². The van der Waals surface area contributed by atoms with Crippen molar-refractivity contribution in [1.29, 1.82) is 0 Å². The quantitative estimate of drug-likeness (QED) is 0.820. The molecule has 1 rings (SSSR count). The zero-order valence-electron chi connectivity index (χ0n) is 10.4. The average Bonchev–Trinajstić information content (AvgIpc) is 2.28. The van der Waals surface area contributed by atoms with E-state index in [4.69, 9.17) is 4.74 Å². The van der Waals surface area contributed by atoms with Crippen molar-refractivity contribution in [2.75, 3.05) is 25.7 Å². The monoisotopic (exact) mass is 224 g/mol. The maximum Gasteiger partial charge on any atom is 0.0717 e. The van der Waals surface area contributed by atoms with Gasteiger partial charge in [0, 0.05) is 43.3 Å². The van der Waals surface area contributed by atoms with Crippen LogP contribution in [-0.4, -0.2) is 36.9 Å². The molecule has 1 unspecified atom stereocenters. The lowest BCUT2D eigenvalue weighted by Gasteiger charge is -2.28. The molecule has 1 aromatic heterocycles. The summed E-state index contributed by atoms with van der Waals surface area (Å²) in [6.07, 6.45) is 1.72. The number of rotatable bonds is 5. The van der Waals surface area contributed by atoms with Crippen molar-refractivity contribution in [3.8, 4) is 0 Å². The van der Waals surface area contributed by atoms with E-state index in [-0.39, 0.29) is 12.6 Å². The molecule has 4 nitrogen and oxygen atoms in total. The first kappa shape index (κ1) is 12.9. The molecule has 4 heteroatoms. The van der Waals surface area contributed by atoms with Gasteiger partial charge >= 0.3 is 0 Å². The number of methoxy groups -OCH3 is 1. The Morgan fingerprint density at radius 3 is 2.81 bits per heavy atom. The number of anilines is 1. The van der Waals surface area contributed by atoms with Gasteiger partial charge in [0.15, 0.2) is 0 Å². The average molecular weight is 224 g/mol. The first-order valence-corrected chi connectivity index (χ1v) is 5.38. The Balaban J connectivity index is 2.96. The van der Waals surface area contributed by atoms with Gasteiger partial charge < -0.3 is 14.7 Å².